The summed E-state index contributed by atoms with van der Waals surface area (Å²) in [4.78, 5) is 8.92. The fourth-order valence-electron chi connectivity index (χ4n) is 5.01. The van der Waals surface area contributed by atoms with Crippen molar-refractivity contribution in [2.45, 2.75) is 44.3 Å². The van der Waals surface area contributed by atoms with Gasteiger partial charge in [0, 0.05) is 11.8 Å². The van der Waals surface area contributed by atoms with Crippen molar-refractivity contribution in [3.05, 3.63) is 75.8 Å². The first kappa shape index (κ1) is 27.8. The van der Waals surface area contributed by atoms with Crippen molar-refractivity contribution in [2.75, 3.05) is 6.61 Å². The minimum absolute atomic E-state index is 0.000102. The first-order valence-electron chi connectivity index (χ1n) is 12.4. The normalized spacial score (nSPS) is 23.0. The number of aliphatic hydroxyl groups excluding tert-OH is 3. The quantitative estimate of drug-likeness (QED) is 0.257. The van der Waals surface area contributed by atoms with E-state index in [9.17, 15) is 28.5 Å². The Morgan fingerprint density at radius 2 is 1.76 bits per heavy atom. The number of fused-ring (bicyclic) bond motifs is 1. The molecule has 4 heterocycles. The van der Waals surface area contributed by atoms with Crippen LogP contribution in [0.3, 0.4) is 0 Å². The van der Waals surface area contributed by atoms with Gasteiger partial charge >= 0.3 is 0 Å². The molecule has 41 heavy (non-hydrogen) atoms. The van der Waals surface area contributed by atoms with E-state index >= 15 is 0 Å². The predicted molar refractivity (Wildman–Crippen MR) is 142 cm³/mol. The first-order chi connectivity index (χ1) is 19.5. The number of hydrogen-bond acceptors (Lipinski definition) is 9. The van der Waals surface area contributed by atoms with E-state index in [4.69, 9.17) is 16.3 Å². The largest absolute Gasteiger partial charge is 0.394 e. The van der Waals surface area contributed by atoms with E-state index < -0.39 is 54.5 Å². The first-order valence-corrected chi connectivity index (χ1v) is 13.6. The number of nitrogens with zero attached hydrogens (tertiary/aromatic N) is 6. The number of rotatable bonds is 5. The molecular formula is C26H22ClF3N6O4S. The summed E-state index contributed by atoms with van der Waals surface area (Å²) in [5.74, 6) is -3.81. The number of aromatic nitrogens is 6. The fraction of sp³-hybridized carbons (Fsp3) is 0.308. The van der Waals surface area contributed by atoms with E-state index in [0.717, 1.165) is 21.8 Å². The summed E-state index contributed by atoms with van der Waals surface area (Å²) in [7, 11) is 0. The lowest BCUT2D eigenvalue weighted by Crippen LogP contribution is -2.53. The molecule has 0 unspecified atom stereocenters. The molecule has 0 amide bonds. The molecule has 1 aliphatic heterocycles. The minimum atomic E-state index is -1.60. The van der Waals surface area contributed by atoms with Crippen LogP contribution < -0.4 is 0 Å². The van der Waals surface area contributed by atoms with Crippen molar-refractivity contribution < 1.29 is 33.2 Å². The summed E-state index contributed by atoms with van der Waals surface area (Å²) in [5, 5.41) is 42.4. The predicted octanol–water partition coefficient (Wildman–Crippen LogP) is 3.82. The fourth-order valence-corrected chi connectivity index (χ4v) is 6.21. The van der Waals surface area contributed by atoms with E-state index in [-0.39, 0.29) is 17.0 Å². The molecule has 15 heteroatoms. The third-order valence-corrected chi connectivity index (χ3v) is 8.10. The monoisotopic (exact) mass is 606 g/mol. The van der Waals surface area contributed by atoms with Gasteiger partial charge in [-0.25, -0.2) is 27.8 Å². The highest BCUT2D eigenvalue weighted by Crippen LogP contribution is 2.39. The van der Waals surface area contributed by atoms with Gasteiger partial charge in [0.25, 0.3) is 0 Å². The smallest absolute Gasteiger partial charge is 0.194 e. The Bertz CT molecular complexity index is 1750. The zero-order valence-corrected chi connectivity index (χ0v) is 23.0. The van der Waals surface area contributed by atoms with Crippen molar-refractivity contribution >= 4 is 33.2 Å². The number of thiazole rings is 1. The Morgan fingerprint density at radius 1 is 1.02 bits per heavy atom. The SMILES string of the molecule is Cc1nc([C@@H]2O[C@H](CO)[C@H](O)[C@H](n3cc(-c4cc(F)c(F)c(F)c4)cn3)[C@H]2O)n(-c2cc(Cl)c3nc(C)sc3c2)n1. The van der Waals surface area contributed by atoms with E-state index in [1.807, 2.05) is 13.0 Å². The zero-order chi connectivity index (χ0) is 29.2. The number of halogens is 4. The lowest BCUT2D eigenvalue weighted by Gasteiger charge is -2.41. The number of hydrogen-bond donors (Lipinski definition) is 3. The molecule has 5 aromatic rings. The summed E-state index contributed by atoms with van der Waals surface area (Å²) in [6.45, 7) is 2.92. The number of benzene rings is 2. The van der Waals surface area contributed by atoms with Crippen molar-refractivity contribution in [3.63, 3.8) is 0 Å². The van der Waals surface area contributed by atoms with Crippen LogP contribution in [0.2, 0.25) is 5.02 Å². The second-order valence-electron chi connectivity index (χ2n) is 9.65. The Morgan fingerprint density at radius 3 is 2.46 bits per heavy atom. The Balaban J connectivity index is 1.40. The van der Waals surface area contributed by atoms with Crippen LogP contribution >= 0.6 is 22.9 Å². The average molecular weight is 607 g/mol. The average Bonchev–Trinajstić information content (AvgIpc) is 3.65. The van der Waals surface area contributed by atoms with Crippen molar-refractivity contribution in [2.24, 2.45) is 0 Å². The molecule has 3 aromatic heterocycles. The van der Waals surface area contributed by atoms with E-state index in [0.29, 0.717) is 22.1 Å². The molecule has 5 atom stereocenters. The minimum Gasteiger partial charge on any atom is -0.394 e. The van der Waals surface area contributed by atoms with Gasteiger partial charge in [0.05, 0.1) is 33.2 Å². The Labute approximate surface area is 239 Å². The van der Waals surface area contributed by atoms with Gasteiger partial charge in [-0.3, -0.25) is 4.68 Å². The van der Waals surface area contributed by atoms with Crippen LogP contribution in [0.4, 0.5) is 13.2 Å². The lowest BCUT2D eigenvalue weighted by molar-refractivity contribution is -0.210. The van der Waals surface area contributed by atoms with E-state index in [1.54, 1.807) is 13.0 Å². The summed E-state index contributed by atoms with van der Waals surface area (Å²) >= 11 is 7.95. The molecule has 1 saturated heterocycles. The van der Waals surface area contributed by atoms with Crippen LogP contribution in [-0.2, 0) is 4.74 Å². The Hall–Kier alpha value is -3.40. The highest BCUT2D eigenvalue weighted by Gasteiger charge is 2.48. The molecule has 2 aromatic carbocycles. The number of aryl methyl sites for hydroxylation is 2. The summed E-state index contributed by atoms with van der Waals surface area (Å²) < 4.78 is 50.6. The molecule has 0 saturated carbocycles. The molecule has 0 aliphatic carbocycles. The van der Waals surface area contributed by atoms with Crippen molar-refractivity contribution in [3.8, 4) is 16.8 Å². The van der Waals surface area contributed by atoms with Gasteiger partial charge in [-0.05, 0) is 43.7 Å². The third kappa shape index (κ3) is 4.79. The molecule has 0 radical (unpaired) electrons. The van der Waals surface area contributed by atoms with Crippen LogP contribution in [0.1, 0.15) is 28.8 Å². The molecule has 0 bridgehead atoms. The molecule has 3 N–H and O–H groups in total. The van der Waals surface area contributed by atoms with Crippen LogP contribution in [0.5, 0.6) is 0 Å². The molecule has 10 nitrogen and oxygen atoms in total. The molecule has 6 rings (SSSR count). The van der Waals surface area contributed by atoms with E-state index in [1.165, 1.54) is 33.1 Å². The standard InChI is InChI=1S/C26H22ClF3N6O4S/c1-10-32-26(36(34-10)14-5-15(27)21-19(6-14)41-11(2)33-21)25-24(39)22(23(38)18(9-37)40-25)35-8-13(7-31-35)12-3-16(28)20(30)17(29)4-12/h3-8,18,22-25,37-39H,9H2,1-2H3/t18-,22+,23+,24-,25-/m1/s1. The number of aliphatic hydroxyl groups is 3. The van der Waals surface area contributed by atoms with Gasteiger partial charge in [0.1, 0.15) is 41.8 Å². The van der Waals surface area contributed by atoms with Gasteiger partial charge in [-0.2, -0.15) is 10.2 Å². The maximum Gasteiger partial charge on any atom is 0.194 e. The zero-order valence-electron chi connectivity index (χ0n) is 21.4. The Kier molecular flexibility index (Phi) is 7.08. The summed E-state index contributed by atoms with van der Waals surface area (Å²) in [5.41, 5.74) is 1.37. The van der Waals surface area contributed by atoms with Crippen molar-refractivity contribution in [1.29, 1.82) is 0 Å². The topological polar surface area (TPSA) is 131 Å². The number of ether oxygens (including phenoxy) is 1. The maximum absolute atomic E-state index is 13.8. The van der Waals surface area contributed by atoms with Gasteiger partial charge < -0.3 is 20.1 Å². The summed E-state index contributed by atoms with van der Waals surface area (Å²) in [6.07, 6.45) is -2.69. The van der Waals surface area contributed by atoms with Gasteiger partial charge in [0.15, 0.2) is 23.3 Å². The summed E-state index contributed by atoms with van der Waals surface area (Å²) in [6, 6.07) is 3.93. The van der Waals surface area contributed by atoms with Crippen molar-refractivity contribution in [1.82, 2.24) is 29.5 Å². The second kappa shape index (κ2) is 10.5. The second-order valence-corrected chi connectivity index (χ2v) is 11.3. The lowest BCUT2D eigenvalue weighted by atomic mass is 9.92. The van der Waals surface area contributed by atoms with Crippen LogP contribution in [0, 0.1) is 31.3 Å². The molecule has 1 fully saturated rings. The van der Waals surface area contributed by atoms with Gasteiger partial charge in [-0.15, -0.1) is 11.3 Å². The van der Waals surface area contributed by atoms with Crippen LogP contribution in [-0.4, -0.2) is 69.8 Å². The van der Waals surface area contributed by atoms with Crippen LogP contribution in [0.15, 0.2) is 36.7 Å². The maximum atomic E-state index is 13.8. The molecular weight excluding hydrogens is 585 g/mol. The van der Waals surface area contributed by atoms with Crippen LogP contribution in [0.25, 0.3) is 27.0 Å². The highest BCUT2D eigenvalue weighted by molar-refractivity contribution is 7.18. The highest BCUT2D eigenvalue weighted by atomic mass is 35.5. The van der Waals surface area contributed by atoms with E-state index in [2.05, 4.69) is 20.2 Å². The van der Waals surface area contributed by atoms with Gasteiger partial charge in [-0.1, -0.05) is 11.6 Å². The molecule has 0 spiro atoms. The van der Waals surface area contributed by atoms with Gasteiger partial charge in [0.2, 0.25) is 0 Å². The third-order valence-electron chi connectivity index (χ3n) is 6.89. The molecule has 1 aliphatic rings. The molecule has 214 valence electrons.